The van der Waals surface area contributed by atoms with E-state index in [0.717, 1.165) is 35.7 Å². The lowest BCUT2D eigenvalue weighted by Gasteiger charge is -2.33. The van der Waals surface area contributed by atoms with Gasteiger partial charge in [0.25, 0.3) is 0 Å². The van der Waals surface area contributed by atoms with E-state index in [1.54, 1.807) is 12.5 Å². The van der Waals surface area contributed by atoms with Crippen molar-refractivity contribution in [2.45, 2.75) is 12.6 Å². The highest BCUT2D eigenvalue weighted by molar-refractivity contribution is 7.99. The van der Waals surface area contributed by atoms with E-state index in [-0.39, 0.29) is 11.9 Å². The number of furan rings is 1. The first-order chi connectivity index (χ1) is 10.8. The summed E-state index contributed by atoms with van der Waals surface area (Å²) in [5, 5.41) is 3.03. The largest absolute Gasteiger partial charge is 0.472 e. The van der Waals surface area contributed by atoms with Gasteiger partial charge in [0.2, 0.25) is 5.91 Å². The topological polar surface area (TPSA) is 45.5 Å². The summed E-state index contributed by atoms with van der Waals surface area (Å²) in [5.41, 5.74) is 2.04. The van der Waals surface area contributed by atoms with Crippen molar-refractivity contribution in [3.05, 3.63) is 60.1 Å². The van der Waals surface area contributed by atoms with E-state index >= 15 is 0 Å². The lowest BCUT2D eigenvalue weighted by molar-refractivity contribution is -0.126. The molecule has 1 aliphatic heterocycles. The van der Waals surface area contributed by atoms with Crippen LogP contribution in [0.3, 0.4) is 0 Å². The van der Waals surface area contributed by atoms with Crippen molar-refractivity contribution in [3.63, 3.8) is 0 Å². The van der Waals surface area contributed by atoms with Crippen molar-refractivity contribution in [1.82, 2.24) is 10.2 Å². The van der Waals surface area contributed by atoms with Crippen LogP contribution < -0.4 is 5.32 Å². The molecule has 116 valence electrons. The fourth-order valence-electron chi connectivity index (χ4n) is 2.68. The second kappa shape index (κ2) is 7.51. The third-order valence-electron chi connectivity index (χ3n) is 3.82. The Morgan fingerprint density at radius 1 is 1.23 bits per heavy atom. The zero-order valence-corrected chi connectivity index (χ0v) is 13.2. The Morgan fingerprint density at radius 3 is 2.68 bits per heavy atom. The number of nitrogens with zero attached hydrogens (tertiary/aromatic N) is 1. The molecule has 2 aromatic rings. The van der Waals surface area contributed by atoms with Gasteiger partial charge in [-0.3, -0.25) is 9.69 Å². The maximum absolute atomic E-state index is 12.7. The summed E-state index contributed by atoms with van der Waals surface area (Å²) < 4.78 is 5.04. The van der Waals surface area contributed by atoms with E-state index in [0.29, 0.717) is 6.54 Å². The first kappa shape index (κ1) is 15.2. The molecule has 1 saturated heterocycles. The van der Waals surface area contributed by atoms with Gasteiger partial charge in [0, 0.05) is 36.7 Å². The number of hydrogen-bond donors (Lipinski definition) is 1. The molecule has 2 heterocycles. The Bertz CT molecular complexity index is 580. The Kier molecular flexibility index (Phi) is 5.19. The lowest BCUT2D eigenvalue weighted by atomic mass is 10.0. The molecule has 1 aromatic heterocycles. The summed E-state index contributed by atoms with van der Waals surface area (Å²) in [5.74, 6) is 2.22. The summed E-state index contributed by atoms with van der Waals surface area (Å²) in [7, 11) is 0. The Labute approximate surface area is 134 Å². The minimum Gasteiger partial charge on any atom is -0.472 e. The smallest absolute Gasteiger partial charge is 0.242 e. The Hall–Kier alpha value is -1.72. The molecule has 0 bridgehead atoms. The predicted molar refractivity (Wildman–Crippen MR) is 88.6 cm³/mol. The van der Waals surface area contributed by atoms with Gasteiger partial charge in [-0.05, 0) is 11.6 Å². The fraction of sp³-hybridized carbons (Fsp3) is 0.353. The summed E-state index contributed by atoms with van der Waals surface area (Å²) in [6, 6.07) is 11.7. The molecule has 0 radical (unpaired) electrons. The number of benzene rings is 1. The Balaban J connectivity index is 1.73. The molecule has 1 N–H and O–H groups in total. The highest BCUT2D eigenvalue weighted by Crippen LogP contribution is 2.24. The quantitative estimate of drug-likeness (QED) is 0.921. The summed E-state index contributed by atoms with van der Waals surface area (Å²) in [6.45, 7) is 2.40. The molecule has 1 unspecified atom stereocenters. The van der Waals surface area contributed by atoms with Crippen molar-refractivity contribution < 1.29 is 9.21 Å². The van der Waals surface area contributed by atoms with Gasteiger partial charge >= 0.3 is 0 Å². The van der Waals surface area contributed by atoms with Crippen molar-refractivity contribution >= 4 is 17.7 Å². The number of hydrogen-bond acceptors (Lipinski definition) is 4. The molecule has 1 atom stereocenters. The zero-order chi connectivity index (χ0) is 15.2. The van der Waals surface area contributed by atoms with Crippen molar-refractivity contribution in [3.8, 4) is 0 Å². The van der Waals surface area contributed by atoms with Crippen LogP contribution in [0.1, 0.15) is 17.2 Å². The monoisotopic (exact) mass is 316 g/mol. The first-order valence-corrected chi connectivity index (χ1v) is 8.65. The van der Waals surface area contributed by atoms with Crippen LogP contribution in [-0.4, -0.2) is 35.4 Å². The van der Waals surface area contributed by atoms with Crippen LogP contribution in [0.25, 0.3) is 0 Å². The molecular formula is C17H20N2O2S. The van der Waals surface area contributed by atoms with E-state index in [4.69, 9.17) is 4.42 Å². The molecule has 5 heteroatoms. The molecule has 1 aromatic carbocycles. The fourth-order valence-corrected chi connectivity index (χ4v) is 3.61. The second-order valence-corrected chi connectivity index (χ2v) is 6.54. The minimum absolute atomic E-state index is 0.0549. The summed E-state index contributed by atoms with van der Waals surface area (Å²) >= 11 is 1.95. The zero-order valence-electron chi connectivity index (χ0n) is 12.4. The van der Waals surface area contributed by atoms with Gasteiger partial charge in [-0.1, -0.05) is 30.3 Å². The molecule has 0 saturated carbocycles. The molecule has 0 spiro atoms. The molecular weight excluding hydrogens is 296 g/mol. The standard InChI is InChI=1S/C17H20N2O2S/c20-17(18-12-14-6-9-21-13-14)16(15-4-2-1-3-5-15)19-7-10-22-11-8-19/h1-6,9,13,16H,7-8,10-12H2,(H,18,20). The molecule has 1 aliphatic rings. The SMILES string of the molecule is O=C(NCc1ccoc1)C(c1ccccc1)N1CCSCC1. The van der Waals surface area contributed by atoms with Crippen molar-refractivity contribution in [1.29, 1.82) is 0 Å². The second-order valence-electron chi connectivity index (χ2n) is 5.31. The van der Waals surface area contributed by atoms with Gasteiger partial charge in [-0.25, -0.2) is 0 Å². The highest BCUT2D eigenvalue weighted by atomic mass is 32.2. The van der Waals surface area contributed by atoms with Crippen LogP contribution >= 0.6 is 11.8 Å². The van der Waals surface area contributed by atoms with E-state index in [2.05, 4.69) is 10.2 Å². The molecule has 3 rings (SSSR count). The van der Waals surface area contributed by atoms with Gasteiger partial charge < -0.3 is 9.73 Å². The average molecular weight is 316 g/mol. The highest BCUT2D eigenvalue weighted by Gasteiger charge is 2.28. The van der Waals surface area contributed by atoms with E-state index in [9.17, 15) is 4.79 Å². The van der Waals surface area contributed by atoms with Crippen LogP contribution in [0.4, 0.5) is 0 Å². The van der Waals surface area contributed by atoms with Gasteiger partial charge in [-0.2, -0.15) is 11.8 Å². The number of thioether (sulfide) groups is 1. The number of amides is 1. The Morgan fingerprint density at radius 2 is 2.00 bits per heavy atom. The molecule has 1 amide bonds. The first-order valence-electron chi connectivity index (χ1n) is 7.50. The van der Waals surface area contributed by atoms with E-state index in [1.165, 1.54) is 0 Å². The van der Waals surface area contributed by atoms with E-state index < -0.39 is 0 Å². The van der Waals surface area contributed by atoms with E-state index in [1.807, 2.05) is 48.2 Å². The van der Waals surface area contributed by atoms with Gasteiger partial charge in [0.05, 0.1) is 12.5 Å². The molecule has 0 aliphatic carbocycles. The molecule has 22 heavy (non-hydrogen) atoms. The predicted octanol–water partition coefficient (Wildman–Crippen LogP) is 2.69. The van der Waals surface area contributed by atoms with Gasteiger partial charge in [0.1, 0.15) is 6.04 Å². The number of carbonyl (C=O) groups is 1. The molecule has 1 fully saturated rings. The minimum atomic E-state index is -0.214. The number of carbonyl (C=O) groups excluding carboxylic acids is 1. The maximum atomic E-state index is 12.7. The summed E-state index contributed by atoms with van der Waals surface area (Å²) in [4.78, 5) is 15.0. The van der Waals surface area contributed by atoms with Gasteiger partial charge in [0.15, 0.2) is 0 Å². The van der Waals surface area contributed by atoms with Crippen molar-refractivity contribution in [2.24, 2.45) is 0 Å². The summed E-state index contributed by atoms with van der Waals surface area (Å²) in [6.07, 6.45) is 3.29. The maximum Gasteiger partial charge on any atom is 0.242 e. The van der Waals surface area contributed by atoms with Crippen LogP contribution in [-0.2, 0) is 11.3 Å². The lowest BCUT2D eigenvalue weighted by Crippen LogP contribution is -2.44. The van der Waals surface area contributed by atoms with Crippen LogP contribution in [0, 0.1) is 0 Å². The normalized spacial score (nSPS) is 17.1. The third-order valence-corrected chi connectivity index (χ3v) is 4.76. The third kappa shape index (κ3) is 3.72. The average Bonchev–Trinajstić information content (AvgIpc) is 3.09. The van der Waals surface area contributed by atoms with Crippen LogP contribution in [0.2, 0.25) is 0 Å². The van der Waals surface area contributed by atoms with Crippen LogP contribution in [0.5, 0.6) is 0 Å². The van der Waals surface area contributed by atoms with Crippen molar-refractivity contribution in [2.75, 3.05) is 24.6 Å². The van der Waals surface area contributed by atoms with Crippen LogP contribution in [0.15, 0.2) is 53.3 Å². The number of nitrogens with one attached hydrogen (secondary N) is 1. The molecule has 4 nitrogen and oxygen atoms in total. The van der Waals surface area contributed by atoms with Gasteiger partial charge in [-0.15, -0.1) is 0 Å². The number of rotatable bonds is 5.